The highest BCUT2D eigenvalue weighted by Gasteiger charge is 2.44. The molecule has 116 valence electrons. The molecule has 0 aromatic rings. The Morgan fingerprint density at radius 2 is 2.00 bits per heavy atom. The monoisotopic (exact) mass is 287 g/mol. The molecule has 1 fully saturated rings. The number of nitrogens with zero attached hydrogens (tertiary/aromatic N) is 1. The van der Waals surface area contributed by atoms with Crippen molar-refractivity contribution < 1.29 is 19.4 Å². The van der Waals surface area contributed by atoms with Crippen LogP contribution in [-0.4, -0.2) is 69.0 Å². The molecule has 0 aliphatic heterocycles. The number of rotatable bonds is 9. The van der Waals surface area contributed by atoms with E-state index in [0.717, 1.165) is 19.5 Å². The third kappa shape index (κ3) is 4.97. The summed E-state index contributed by atoms with van der Waals surface area (Å²) in [6, 6.07) is -0.308. The summed E-state index contributed by atoms with van der Waals surface area (Å²) >= 11 is 0. The zero-order chi connectivity index (χ0) is 15.0. The first-order chi connectivity index (χ1) is 9.50. The molecule has 2 amide bonds. The maximum absolute atomic E-state index is 11.6. The largest absolute Gasteiger partial charge is 0.481 e. The van der Waals surface area contributed by atoms with E-state index in [9.17, 15) is 9.59 Å². The summed E-state index contributed by atoms with van der Waals surface area (Å²) in [7, 11) is 3.60. The molecule has 0 saturated heterocycles. The number of aliphatic carboxylic acids is 1. The van der Waals surface area contributed by atoms with Crippen LogP contribution in [0.25, 0.3) is 0 Å². The predicted octanol–water partition coefficient (Wildman–Crippen LogP) is 0.119. The van der Waals surface area contributed by atoms with Crippen molar-refractivity contribution in [3.05, 3.63) is 0 Å². The highest BCUT2D eigenvalue weighted by molar-refractivity contribution is 5.78. The van der Waals surface area contributed by atoms with Crippen LogP contribution >= 0.6 is 0 Å². The molecule has 1 rings (SSSR count). The van der Waals surface area contributed by atoms with Crippen molar-refractivity contribution in [1.82, 2.24) is 15.5 Å². The van der Waals surface area contributed by atoms with Crippen molar-refractivity contribution in [3.8, 4) is 0 Å². The second kappa shape index (κ2) is 8.06. The number of methoxy groups -OCH3 is 1. The first-order valence-electron chi connectivity index (χ1n) is 6.93. The summed E-state index contributed by atoms with van der Waals surface area (Å²) in [5.41, 5.74) is -0.743. The Morgan fingerprint density at radius 1 is 1.30 bits per heavy atom. The highest BCUT2D eigenvalue weighted by Crippen LogP contribution is 2.40. The second-order valence-electron chi connectivity index (χ2n) is 5.34. The van der Waals surface area contributed by atoms with Gasteiger partial charge in [-0.1, -0.05) is 6.42 Å². The molecule has 1 saturated carbocycles. The zero-order valence-electron chi connectivity index (χ0n) is 12.3. The number of carbonyl (C=O) groups excluding carboxylic acids is 1. The van der Waals surface area contributed by atoms with Crippen LogP contribution in [0.2, 0.25) is 0 Å². The van der Waals surface area contributed by atoms with Crippen LogP contribution in [0.1, 0.15) is 19.3 Å². The Bertz CT molecular complexity index is 332. The van der Waals surface area contributed by atoms with Crippen LogP contribution in [0.4, 0.5) is 4.79 Å². The number of urea groups is 1. The lowest BCUT2D eigenvalue weighted by Gasteiger charge is -2.37. The molecule has 3 N–H and O–H groups in total. The fourth-order valence-corrected chi connectivity index (χ4v) is 2.10. The van der Waals surface area contributed by atoms with Gasteiger partial charge in [0, 0.05) is 33.3 Å². The van der Waals surface area contributed by atoms with Crippen LogP contribution in [0.5, 0.6) is 0 Å². The van der Waals surface area contributed by atoms with Gasteiger partial charge in [0.15, 0.2) is 0 Å². The summed E-state index contributed by atoms with van der Waals surface area (Å²) in [6.07, 6.45) is 2.20. The number of hydrogen-bond acceptors (Lipinski definition) is 4. The van der Waals surface area contributed by atoms with Crippen molar-refractivity contribution >= 4 is 12.0 Å². The fraction of sp³-hybridized carbons (Fsp3) is 0.846. The van der Waals surface area contributed by atoms with E-state index >= 15 is 0 Å². The number of nitrogens with one attached hydrogen (secondary N) is 2. The Labute approximate surface area is 119 Å². The molecule has 0 spiro atoms. The summed E-state index contributed by atoms with van der Waals surface area (Å²) in [4.78, 5) is 24.8. The third-order valence-corrected chi connectivity index (χ3v) is 3.81. The summed E-state index contributed by atoms with van der Waals surface area (Å²) in [6.45, 7) is 2.91. The van der Waals surface area contributed by atoms with E-state index < -0.39 is 11.4 Å². The van der Waals surface area contributed by atoms with Crippen LogP contribution in [0.3, 0.4) is 0 Å². The molecule has 0 heterocycles. The van der Waals surface area contributed by atoms with E-state index in [1.165, 1.54) is 0 Å². The van der Waals surface area contributed by atoms with Gasteiger partial charge in [-0.3, -0.25) is 4.79 Å². The molecule has 0 bridgehead atoms. The first-order valence-corrected chi connectivity index (χ1v) is 6.93. The molecule has 0 atom stereocenters. The van der Waals surface area contributed by atoms with Gasteiger partial charge in [0.05, 0.1) is 12.0 Å². The van der Waals surface area contributed by atoms with Gasteiger partial charge in [0.1, 0.15) is 0 Å². The minimum Gasteiger partial charge on any atom is -0.481 e. The number of carboxylic acids is 1. The van der Waals surface area contributed by atoms with Crippen molar-refractivity contribution in [2.24, 2.45) is 5.41 Å². The molecule has 7 nitrogen and oxygen atoms in total. The molecular formula is C13H25N3O4. The number of ether oxygens (including phenoxy) is 1. The standard InChI is InChI=1S/C13H25N3O4/c1-16(8-9-20-2)7-6-14-12(19)15-10-13(11(17)18)4-3-5-13/h3-10H2,1-2H3,(H,17,18)(H2,14,15,19). The first kappa shape index (κ1) is 16.7. The zero-order valence-corrected chi connectivity index (χ0v) is 12.3. The molecule has 7 heteroatoms. The highest BCUT2D eigenvalue weighted by atomic mass is 16.5. The van der Waals surface area contributed by atoms with Gasteiger partial charge >= 0.3 is 12.0 Å². The number of carbonyl (C=O) groups is 2. The van der Waals surface area contributed by atoms with E-state index in [1.807, 2.05) is 7.05 Å². The van der Waals surface area contributed by atoms with E-state index in [1.54, 1.807) is 7.11 Å². The van der Waals surface area contributed by atoms with Crippen molar-refractivity contribution in [1.29, 1.82) is 0 Å². The van der Waals surface area contributed by atoms with Crippen molar-refractivity contribution in [3.63, 3.8) is 0 Å². The van der Waals surface area contributed by atoms with Gasteiger partial charge < -0.3 is 25.4 Å². The average Bonchev–Trinajstić information content (AvgIpc) is 2.34. The molecule has 1 aliphatic carbocycles. The third-order valence-electron chi connectivity index (χ3n) is 3.81. The van der Waals surface area contributed by atoms with Crippen LogP contribution in [0, 0.1) is 5.41 Å². The van der Waals surface area contributed by atoms with E-state index in [0.29, 0.717) is 26.0 Å². The van der Waals surface area contributed by atoms with Gasteiger partial charge in [-0.2, -0.15) is 0 Å². The molecule has 0 aromatic carbocycles. The summed E-state index contributed by atoms with van der Waals surface area (Å²) < 4.78 is 4.96. The molecule has 0 aromatic heterocycles. The lowest BCUT2D eigenvalue weighted by Crippen LogP contribution is -2.50. The molecule has 0 unspecified atom stereocenters. The summed E-state index contributed by atoms with van der Waals surface area (Å²) in [5.74, 6) is -0.816. The smallest absolute Gasteiger partial charge is 0.314 e. The lowest BCUT2D eigenvalue weighted by molar-refractivity contribution is -0.153. The van der Waals surface area contributed by atoms with Gasteiger partial charge in [-0.05, 0) is 19.9 Å². The van der Waals surface area contributed by atoms with Gasteiger partial charge in [-0.15, -0.1) is 0 Å². The molecule has 1 aliphatic rings. The molecule has 20 heavy (non-hydrogen) atoms. The van der Waals surface area contributed by atoms with Crippen molar-refractivity contribution in [2.75, 3.05) is 46.9 Å². The molecule has 0 radical (unpaired) electrons. The van der Waals surface area contributed by atoms with Crippen LogP contribution < -0.4 is 10.6 Å². The average molecular weight is 287 g/mol. The molecular weight excluding hydrogens is 262 g/mol. The summed E-state index contributed by atoms with van der Waals surface area (Å²) in [5, 5.41) is 14.5. The number of amides is 2. The van der Waals surface area contributed by atoms with E-state index in [4.69, 9.17) is 9.84 Å². The predicted molar refractivity (Wildman–Crippen MR) is 74.7 cm³/mol. The SMILES string of the molecule is COCCN(C)CCNC(=O)NCC1(C(=O)O)CCC1. The lowest BCUT2D eigenvalue weighted by atomic mass is 9.69. The number of hydrogen-bond donors (Lipinski definition) is 3. The van der Waals surface area contributed by atoms with Gasteiger partial charge in [0.2, 0.25) is 0 Å². The normalized spacial score (nSPS) is 16.6. The minimum atomic E-state index is -0.816. The van der Waals surface area contributed by atoms with Gasteiger partial charge in [-0.25, -0.2) is 4.79 Å². The number of carboxylic acid groups (broad SMARTS) is 1. The van der Waals surface area contributed by atoms with E-state index in [-0.39, 0.29) is 12.6 Å². The Kier molecular flexibility index (Phi) is 6.74. The Morgan fingerprint density at radius 3 is 2.50 bits per heavy atom. The Balaban J connectivity index is 2.13. The quantitative estimate of drug-likeness (QED) is 0.560. The van der Waals surface area contributed by atoms with Crippen molar-refractivity contribution in [2.45, 2.75) is 19.3 Å². The van der Waals surface area contributed by atoms with Crippen LogP contribution in [-0.2, 0) is 9.53 Å². The number of likely N-dealkylation sites (N-methyl/N-ethyl adjacent to an activating group) is 1. The maximum Gasteiger partial charge on any atom is 0.314 e. The van der Waals surface area contributed by atoms with E-state index in [2.05, 4.69) is 15.5 Å². The second-order valence-corrected chi connectivity index (χ2v) is 5.34. The maximum atomic E-state index is 11.6. The Hall–Kier alpha value is -1.34. The fourth-order valence-electron chi connectivity index (χ4n) is 2.10. The van der Waals surface area contributed by atoms with Crippen LogP contribution in [0.15, 0.2) is 0 Å². The minimum absolute atomic E-state index is 0.202. The topological polar surface area (TPSA) is 90.9 Å². The van der Waals surface area contributed by atoms with Gasteiger partial charge in [0.25, 0.3) is 0 Å².